The summed E-state index contributed by atoms with van der Waals surface area (Å²) in [6, 6.07) is 2.14. The van der Waals surface area contributed by atoms with Gasteiger partial charge in [0.15, 0.2) is 0 Å². The Morgan fingerprint density at radius 1 is 1.21 bits per heavy atom. The van der Waals surface area contributed by atoms with E-state index in [0.717, 1.165) is 43.3 Å². The first-order valence-electron chi connectivity index (χ1n) is 9.40. The molecular formula is C20H32NO2S+. The van der Waals surface area contributed by atoms with Crippen molar-refractivity contribution in [3.63, 3.8) is 0 Å². The highest BCUT2D eigenvalue weighted by atomic mass is 32.1. The molecule has 1 aliphatic heterocycles. The third-order valence-corrected chi connectivity index (χ3v) is 7.57. The molecule has 1 atom stereocenters. The summed E-state index contributed by atoms with van der Waals surface area (Å²) < 4.78 is 7.14. The molecule has 1 aliphatic carbocycles. The zero-order valence-electron chi connectivity index (χ0n) is 15.6. The second-order valence-electron chi connectivity index (χ2n) is 8.60. The fourth-order valence-corrected chi connectivity index (χ4v) is 5.64. The van der Waals surface area contributed by atoms with Crippen LogP contribution in [0.4, 0.5) is 0 Å². The third-order valence-electron chi connectivity index (χ3n) is 6.32. The summed E-state index contributed by atoms with van der Waals surface area (Å²) in [5.74, 6) is 0.454. The summed E-state index contributed by atoms with van der Waals surface area (Å²) in [6.45, 7) is 6.46. The van der Waals surface area contributed by atoms with Crippen LogP contribution in [-0.4, -0.2) is 43.7 Å². The first-order valence-corrected chi connectivity index (χ1v) is 10.3. The number of carbonyl (C=O) groups excluding carboxylic acids is 1. The van der Waals surface area contributed by atoms with Crippen LogP contribution in [0.5, 0.6) is 0 Å². The monoisotopic (exact) mass is 350 g/mol. The molecule has 1 aromatic heterocycles. The molecule has 3 nitrogen and oxygen atoms in total. The topological polar surface area (TPSA) is 26.3 Å². The Bertz CT molecular complexity index is 578. The van der Waals surface area contributed by atoms with Crippen LogP contribution in [0.2, 0.25) is 0 Å². The number of hydrogen-bond donors (Lipinski definition) is 0. The number of likely N-dealkylation sites (tertiary alicyclic amines) is 1. The van der Waals surface area contributed by atoms with E-state index in [1.54, 1.807) is 11.3 Å². The second-order valence-corrected chi connectivity index (χ2v) is 9.52. The van der Waals surface area contributed by atoms with Crippen LogP contribution in [0.1, 0.15) is 55.9 Å². The van der Waals surface area contributed by atoms with E-state index in [1.165, 1.54) is 23.3 Å². The molecule has 0 radical (unpaired) electrons. The fourth-order valence-electron chi connectivity index (χ4n) is 4.49. The van der Waals surface area contributed by atoms with Crippen LogP contribution in [0.3, 0.4) is 0 Å². The van der Waals surface area contributed by atoms with Crippen LogP contribution in [-0.2, 0) is 14.9 Å². The Morgan fingerprint density at radius 3 is 2.38 bits per heavy atom. The second kappa shape index (κ2) is 6.80. The average Bonchev–Trinajstić information content (AvgIpc) is 3.20. The van der Waals surface area contributed by atoms with Gasteiger partial charge in [-0.15, -0.1) is 11.3 Å². The van der Waals surface area contributed by atoms with Crippen molar-refractivity contribution in [3.05, 3.63) is 21.9 Å². The molecule has 2 fully saturated rings. The van der Waals surface area contributed by atoms with E-state index in [9.17, 15) is 4.79 Å². The summed E-state index contributed by atoms with van der Waals surface area (Å²) in [7, 11) is 4.52. The molecule has 1 unspecified atom stereocenters. The summed E-state index contributed by atoms with van der Waals surface area (Å²) in [6.07, 6.45) is 6.87. The van der Waals surface area contributed by atoms with Gasteiger partial charge < -0.3 is 9.22 Å². The molecule has 4 heteroatoms. The molecule has 0 amide bonds. The van der Waals surface area contributed by atoms with Crippen molar-refractivity contribution in [1.82, 2.24) is 0 Å². The SMILES string of the molecule is Cc1ccsc1C(C)(C(=O)OC1CC[N+](C)(C)CC1)C1CCCC1. The minimum absolute atomic E-state index is 0.0251. The van der Waals surface area contributed by atoms with Gasteiger partial charge in [-0.3, -0.25) is 4.79 Å². The Balaban J connectivity index is 1.78. The van der Waals surface area contributed by atoms with Crippen molar-refractivity contribution in [3.8, 4) is 0 Å². The first-order chi connectivity index (χ1) is 11.3. The summed E-state index contributed by atoms with van der Waals surface area (Å²) in [4.78, 5) is 14.5. The zero-order chi connectivity index (χ0) is 17.4. The van der Waals surface area contributed by atoms with E-state index in [4.69, 9.17) is 4.74 Å². The fraction of sp³-hybridized carbons (Fsp3) is 0.750. The number of esters is 1. The van der Waals surface area contributed by atoms with Crippen molar-refractivity contribution in [2.45, 2.75) is 63.9 Å². The molecule has 134 valence electrons. The number of rotatable bonds is 4. The van der Waals surface area contributed by atoms with Crippen molar-refractivity contribution < 1.29 is 14.0 Å². The van der Waals surface area contributed by atoms with Gasteiger partial charge in [-0.25, -0.2) is 0 Å². The number of quaternary nitrogens is 1. The van der Waals surface area contributed by atoms with Gasteiger partial charge in [0.05, 0.1) is 27.2 Å². The number of ether oxygens (including phenoxy) is 1. The van der Waals surface area contributed by atoms with Gasteiger partial charge in [-0.05, 0) is 49.6 Å². The molecule has 2 aliphatic rings. The van der Waals surface area contributed by atoms with Crippen LogP contribution in [0, 0.1) is 12.8 Å². The molecular weight excluding hydrogens is 318 g/mol. The molecule has 0 spiro atoms. The van der Waals surface area contributed by atoms with Crippen molar-refractivity contribution >= 4 is 17.3 Å². The third kappa shape index (κ3) is 3.41. The van der Waals surface area contributed by atoms with Crippen LogP contribution in [0.25, 0.3) is 0 Å². The Kier molecular flexibility index (Phi) is 5.08. The molecule has 1 saturated heterocycles. The molecule has 0 N–H and O–H groups in total. The number of hydrogen-bond acceptors (Lipinski definition) is 3. The van der Waals surface area contributed by atoms with Crippen LogP contribution < -0.4 is 0 Å². The number of piperidine rings is 1. The Morgan fingerprint density at radius 2 is 1.83 bits per heavy atom. The summed E-state index contributed by atoms with van der Waals surface area (Å²) in [5, 5.41) is 2.12. The zero-order valence-corrected chi connectivity index (χ0v) is 16.5. The highest BCUT2D eigenvalue weighted by Gasteiger charge is 2.47. The number of carbonyl (C=O) groups is 1. The van der Waals surface area contributed by atoms with E-state index in [0.29, 0.717) is 5.92 Å². The van der Waals surface area contributed by atoms with E-state index in [2.05, 4.69) is 39.4 Å². The van der Waals surface area contributed by atoms with E-state index in [-0.39, 0.29) is 12.1 Å². The number of aryl methyl sites for hydroxylation is 1. The lowest BCUT2D eigenvalue weighted by Gasteiger charge is -2.39. The minimum atomic E-state index is -0.462. The maximum Gasteiger partial charge on any atom is 0.317 e. The molecule has 0 bridgehead atoms. The van der Waals surface area contributed by atoms with Gasteiger partial charge in [0.1, 0.15) is 11.5 Å². The van der Waals surface area contributed by atoms with Gasteiger partial charge in [0.25, 0.3) is 0 Å². The maximum absolute atomic E-state index is 13.3. The molecule has 2 heterocycles. The predicted octanol–water partition coefficient (Wildman–Crippen LogP) is 4.29. The number of nitrogens with zero attached hydrogens (tertiary/aromatic N) is 1. The maximum atomic E-state index is 13.3. The molecule has 3 rings (SSSR count). The smallest absolute Gasteiger partial charge is 0.317 e. The van der Waals surface area contributed by atoms with Crippen molar-refractivity contribution in [2.75, 3.05) is 27.2 Å². The highest BCUT2D eigenvalue weighted by molar-refractivity contribution is 7.10. The lowest BCUT2D eigenvalue weighted by Crippen LogP contribution is -2.50. The first kappa shape index (κ1) is 17.9. The normalized spacial score (nSPS) is 24.7. The van der Waals surface area contributed by atoms with Gasteiger partial charge in [-0.1, -0.05) is 12.8 Å². The number of thiophene rings is 1. The lowest BCUT2D eigenvalue weighted by molar-refractivity contribution is -0.896. The molecule has 1 saturated carbocycles. The van der Waals surface area contributed by atoms with E-state index < -0.39 is 5.41 Å². The summed E-state index contributed by atoms with van der Waals surface area (Å²) >= 11 is 1.73. The van der Waals surface area contributed by atoms with Gasteiger partial charge in [-0.2, -0.15) is 0 Å². The average molecular weight is 351 g/mol. The van der Waals surface area contributed by atoms with Crippen LogP contribution in [0.15, 0.2) is 11.4 Å². The Hall–Kier alpha value is -0.870. The van der Waals surface area contributed by atoms with Crippen molar-refractivity contribution in [1.29, 1.82) is 0 Å². The quantitative estimate of drug-likeness (QED) is 0.598. The van der Waals surface area contributed by atoms with Gasteiger partial charge in [0.2, 0.25) is 0 Å². The minimum Gasteiger partial charge on any atom is -0.461 e. The highest BCUT2D eigenvalue weighted by Crippen LogP contribution is 2.46. The van der Waals surface area contributed by atoms with Crippen molar-refractivity contribution in [2.24, 2.45) is 5.92 Å². The Labute approximate surface area is 150 Å². The van der Waals surface area contributed by atoms with Gasteiger partial charge in [0, 0.05) is 17.7 Å². The molecule has 1 aromatic rings. The van der Waals surface area contributed by atoms with E-state index in [1.807, 2.05) is 0 Å². The lowest BCUT2D eigenvalue weighted by atomic mass is 9.73. The predicted molar refractivity (Wildman–Crippen MR) is 99.3 cm³/mol. The largest absolute Gasteiger partial charge is 0.461 e. The van der Waals surface area contributed by atoms with E-state index >= 15 is 0 Å². The standard InChI is InChI=1S/C20H32NO2S/c1-15-11-14-24-18(15)20(2,16-7-5-6-8-16)19(22)23-17-9-12-21(3,4)13-10-17/h11,14,16-17H,5-10,12-13H2,1-4H3/q+1. The van der Waals surface area contributed by atoms with Gasteiger partial charge >= 0.3 is 5.97 Å². The van der Waals surface area contributed by atoms with Crippen LogP contribution >= 0.6 is 11.3 Å². The molecule has 0 aromatic carbocycles. The molecule has 24 heavy (non-hydrogen) atoms. The summed E-state index contributed by atoms with van der Waals surface area (Å²) in [5.41, 5.74) is 0.782.